The van der Waals surface area contributed by atoms with Gasteiger partial charge in [0.05, 0.1) is 24.9 Å². The molecule has 20 heavy (non-hydrogen) atoms. The smallest absolute Gasteiger partial charge is 0.0933 e. The van der Waals surface area contributed by atoms with Crippen LogP contribution in [0.3, 0.4) is 0 Å². The zero-order chi connectivity index (χ0) is 14.2. The Morgan fingerprint density at radius 1 is 1.15 bits per heavy atom. The molecule has 0 spiro atoms. The van der Waals surface area contributed by atoms with Gasteiger partial charge in [0.15, 0.2) is 0 Å². The number of benzene rings is 1. The molecule has 0 radical (unpaired) electrons. The molecule has 0 aliphatic heterocycles. The summed E-state index contributed by atoms with van der Waals surface area (Å²) in [6.45, 7) is 5.57. The maximum atomic E-state index is 5.45. The Morgan fingerprint density at radius 3 is 2.60 bits per heavy atom. The molecule has 1 heterocycles. The van der Waals surface area contributed by atoms with E-state index in [9.17, 15) is 0 Å². The molecular weight excluding hydrogens is 250 g/mol. The molecule has 0 unspecified atom stereocenters. The lowest BCUT2D eigenvalue weighted by atomic mass is 10.2. The van der Waals surface area contributed by atoms with Gasteiger partial charge in [-0.2, -0.15) is 10.6 Å². The third-order valence-electron chi connectivity index (χ3n) is 3.42. The molecule has 0 fully saturated rings. The van der Waals surface area contributed by atoms with E-state index in [1.807, 2.05) is 47.3 Å². The molecule has 1 N–H and O–H groups in total. The van der Waals surface area contributed by atoms with Gasteiger partial charge in [-0.15, -0.1) is 0 Å². The third-order valence-corrected chi connectivity index (χ3v) is 3.42. The molecule has 2 rings (SSSR count). The molecule has 0 aliphatic carbocycles. The molecule has 0 bridgehead atoms. The van der Waals surface area contributed by atoms with Gasteiger partial charge in [-0.3, -0.25) is 9.52 Å². The molecule has 0 atom stereocenters. The summed E-state index contributed by atoms with van der Waals surface area (Å²) in [5.74, 6) is 0. The number of rotatable bonds is 8. The van der Waals surface area contributed by atoms with Crippen molar-refractivity contribution in [3.8, 4) is 0 Å². The zero-order valence-corrected chi connectivity index (χ0v) is 12.2. The predicted octanol–water partition coefficient (Wildman–Crippen LogP) is 3.47. The highest BCUT2D eigenvalue weighted by atomic mass is 16.6. The van der Waals surface area contributed by atoms with Gasteiger partial charge in [-0.1, -0.05) is 44.2 Å². The number of nitrogens with zero attached hydrogens (tertiary/aromatic N) is 2. The Labute approximate surface area is 120 Å². The number of hydrogen-bond donors (Lipinski definition) is 1. The Morgan fingerprint density at radius 2 is 1.90 bits per heavy atom. The molecule has 1 aromatic heterocycles. The van der Waals surface area contributed by atoms with Gasteiger partial charge in [0.25, 0.3) is 0 Å². The number of hydroxylamine groups is 1. The summed E-state index contributed by atoms with van der Waals surface area (Å²) in [4.78, 5) is 5.45. The molecule has 4 nitrogen and oxygen atoms in total. The Bertz CT molecular complexity index is 491. The van der Waals surface area contributed by atoms with Crippen molar-refractivity contribution in [3.63, 3.8) is 0 Å². The number of nitrogens with one attached hydrogen (secondary N) is 1. The number of aromatic nitrogens is 2. The van der Waals surface area contributed by atoms with E-state index in [1.54, 1.807) is 0 Å². The summed E-state index contributed by atoms with van der Waals surface area (Å²) < 4.78 is 2.05. The summed E-state index contributed by atoms with van der Waals surface area (Å²) in [6, 6.07) is 12.6. The second-order valence-electron chi connectivity index (χ2n) is 4.85. The van der Waals surface area contributed by atoms with Crippen LogP contribution in [0.15, 0.2) is 42.6 Å². The van der Waals surface area contributed by atoms with Crippen molar-refractivity contribution >= 4 is 0 Å². The summed E-state index contributed by atoms with van der Waals surface area (Å²) in [7, 11) is 0. The first kappa shape index (κ1) is 14.8. The fraction of sp³-hybridized carbons (Fsp3) is 0.438. The van der Waals surface area contributed by atoms with E-state index in [2.05, 4.69) is 24.4 Å². The Balaban J connectivity index is 1.74. The van der Waals surface area contributed by atoms with Crippen molar-refractivity contribution < 1.29 is 4.84 Å². The zero-order valence-electron chi connectivity index (χ0n) is 12.2. The van der Waals surface area contributed by atoms with E-state index in [-0.39, 0.29) is 0 Å². The van der Waals surface area contributed by atoms with Crippen LogP contribution in [0.2, 0.25) is 0 Å². The summed E-state index contributed by atoms with van der Waals surface area (Å²) >= 11 is 0. The van der Waals surface area contributed by atoms with Gasteiger partial charge in [-0.05, 0) is 24.5 Å². The highest BCUT2D eigenvalue weighted by molar-refractivity contribution is 5.13. The maximum Gasteiger partial charge on any atom is 0.0933 e. The van der Waals surface area contributed by atoms with Gasteiger partial charge in [0, 0.05) is 6.20 Å². The van der Waals surface area contributed by atoms with Crippen LogP contribution in [-0.2, 0) is 18.0 Å². The molecule has 0 amide bonds. The van der Waals surface area contributed by atoms with Crippen LogP contribution in [0.25, 0.3) is 0 Å². The molecule has 1 aromatic carbocycles. The highest BCUT2D eigenvalue weighted by Crippen LogP contribution is 2.14. The fourth-order valence-electron chi connectivity index (χ4n) is 2.17. The van der Waals surface area contributed by atoms with Crippen molar-refractivity contribution in [3.05, 3.63) is 53.9 Å². The van der Waals surface area contributed by atoms with Crippen molar-refractivity contribution in [2.24, 2.45) is 0 Å². The minimum atomic E-state index is 0.494. The first-order chi connectivity index (χ1) is 9.83. The number of hydrogen-bond acceptors (Lipinski definition) is 3. The molecular formula is C16H23N3O. The Kier molecular flexibility index (Phi) is 5.77. The topological polar surface area (TPSA) is 39.1 Å². The predicted molar refractivity (Wildman–Crippen MR) is 79.9 cm³/mol. The monoisotopic (exact) mass is 273 g/mol. The van der Waals surface area contributed by atoms with Crippen molar-refractivity contribution in [2.75, 3.05) is 0 Å². The minimum Gasteiger partial charge on any atom is -0.297 e. The van der Waals surface area contributed by atoms with Gasteiger partial charge in [0.1, 0.15) is 0 Å². The summed E-state index contributed by atoms with van der Waals surface area (Å²) in [6.07, 6.45) is 4.26. The van der Waals surface area contributed by atoms with Crippen LogP contribution in [0.4, 0.5) is 0 Å². The SMILES string of the molecule is CCC(CC)n1ccc(CNOCc2ccccc2)n1. The molecule has 0 saturated carbocycles. The molecule has 0 saturated heterocycles. The lowest BCUT2D eigenvalue weighted by Crippen LogP contribution is -2.15. The Hall–Kier alpha value is -1.65. The second-order valence-corrected chi connectivity index (χ2v) is 4.85. The standard InChI is InChI=1S/C16H23N3O/c1-3-16(4-2)19-11-10-15(18-19)12-17-20-13-14-8-6-5-7-9-14/h5-11,16-17H,3-4,12-13H2,1-2H3. The normalized spacial score (nSPS) is 11.2. The molecule has 108 valence electrons. The van der Waals surface area contributed by atoms with Crippen LogP contribution < -0.4 is 5.48 Å². The molecule has 2 aromatic rings. The van der Waals surface area contributed by atoms with E-state index in [0.717, 1.165) is 24.1 Å². The van der Waals surface area contributed by atoms with E-state index in [4.69, 9.17) is 4.84 Å². The van der Waals surface area contributed by atoms with Crippen LogP contribution in [0.5, 0.6) is 0 Å². The van der Waals surface area contributed by atoms with Gasteiger partial charge in [-0.25, -0.2) is 0 Å². The van der Waals surface area contributed by atoms with Crippen molar-refractivity contribution in [1.82, 2.24) is 15.3 Å². The third kappa shape index (κ3) is 4.18. The highest BCUT2D eigenvalue weighted by Gasteiger charge is 2.07. The van der Waals surface area contributed by atoms with Gasteiger partial charge >= 0.3 is 0 Å². The first-order valence-corrected chi connectivity index (χ1v) is 7.26. The largest absolute Gasteiger partial charge is 0.297 e. The molecule has 4 heteroatoms. The second kappa shape index (κ2) is 7.82. The summed E-state index contributed by atoms with van der Waals surface area (Å²) in [5, 5.41) is 4.57. The van der Waals surface area contributed by atoms with Gasteiger partial charge in [0.2, 0.25) is 0 Å². The lowest BCUT2D eigenvalue weighted by Gasteiger charge is -2.12. The maximum absolute atomic E-state index is 5.45. The average molecular weight is 273 g/mol. The van der Waals surface area contributed by atoms with Crippen molar-refractivity contribution in [2.45, 2.75) is 45.9 Å². The van der Waals surface area contributed by atoms with E-state index in [0.29, 0.717) is 19.2 Å². The van der Waals surface area contributed by atoms with E-state index < -0.39 is 0 Å². The summed E-state index contributed by atoms with van der Waals surface area (Å²) in [5.41, 5.74) is 5.12. The fourth-order valence-corrected chi connectivity index (χ4v) is 2.17. The van der Waals surface area contributed by atoms with Crippen molar-refractivity contribution in [1.29, 1.82) is 0 Å². The van der Waals surface area contributed by atoms with Gasteiger partial charge < -0.3 is 0 Å². The molecule has 0 aliphatic rings. The first-order valence-electron chi connectivity index (χ1n) is 7.26. The lowest BCUT2D eigenvalue weighted by molar-refractivity contribution is 0.0227. The van der Waals surface area contributed by atoms with Crippen LogP contribution in [-0.4, -0.2) is 9.78 Å². The van der Waals surface area contributed by atoms with Crippen LogP contribution in [0, 0.1) is 0 Å². The average Bonchev–Trinajstić information content (AvgIpc) is 2.95. The van der Waals surface area contributed by atoms with E-state index in [1.165, 1.54) is 0 Å². The quantitative estimate of drug-likeness (QED) is 0.591. The van der Waals surface area contributed by atoms with Crippen LogP contribution in [0.1, 0.15) is 44.0 Å². The van der Waals surface area contributed by atoms with Crippen LogP contribution >= 0.6 is 0 Å². The minimum absolute atomic E-state index is 0.494. The van der Waals surface area contributed by atoms with E-state index >= 15 is 0 Å².